The molecule has 0 spiro atoms. The van der Waals surface area contributed by atoms with Crippen molar-refractivity contribution >= 4 is 11.9 Å². The molecule has 2 aromatic carbocycles. The predicted molar refractivity (Wildman–Crippen MR) is 98.5 cm³/mol. The molecule has 1 aliphatic rings. The maximum atomic E-state index is 12.9. The number of ether oxygens (including phenoxy) is 1. The van der Waals surface area contributed by atoms with Crippen LogP contribution >= 0.6 is 0 Å². The molecule has 6 nitrogen and oxygen atoms in total. The SMILES string of the molecule is COC(=O)[C@@H](N)Cc1ccc(F)cc1.O=C(O)[C@@H]1Cc2cc(F)ccc2CN1. The largest absolute Gasteiger partial charge is 0.480 e. The molecule has 150 valence electrons. The highest BCUT2D eigenvalue weighted by Gasteiger charge is 2.23. The van der Waals surface area contributed by atoms with Gasteiger partial charge < -0.3 is 20.9 Å². The van der Waals surface area contributed by atoms with Gasteiger partial charge in [-0.3, -0.25) is 9.59 Å². The number of carbonyl (C=O) groups is 2. The van der Waals surface area contributed by atoms with Gasteiger partial charge in [-0.15, -0.1) is 0 Å². The van der Waals surface area contributed by atoms with Gasteiger partial charge in [-0.05, 0) is 53.8 Å². The van der Waals surface area contributed by atoms with E-state index in [1.165, 1.54) is 31.4 Å². The number of methoxy groups -OCH3 is 1. The molecule has 1 heterocycles. The van der Waals surface area contributed by atoms with Crippen LogP contribution in [0.4, 0.5) is 8.78 Å². The second kappa shape index (κ2) is 9.91. The van der Waals surface area contributed by atoms with Crippen molar-refractivity contribution in [3.63, 3.8) is 0 Å². The van der Waals surface area contributed by atoms with Crippen LogP contribution in [0, 0.1) is 11.6 Å². The third kappa shape index (κ3) is 6.11. The molecular formula is C20H22F2N2O4. The Morgan fingerprint density at radius 2 is 1.82 bits per heavy atom. The Morgan fingerprint density at radius 1 is 1.18 bits per heavy atom. The minimum absolute atomic E-state index is 0.305. The Morgan fingerprint density at radius 3 is 2.43 bits per heavy atom. The summed E-state index contributed by atoms with van der Waals surface area (Å²) >= 11 is 0. The average molecular weight is 392 g/mol. The van der Waals surface area contributed by atoms with E-state index in [4.69, 9.17) is 10.8 Å². The molecule has 28 heavy (non-hydrogen) atoms. The van der Waals surface area contributed by atoms with E-state index in [-0.39, 0.29) is 11.6 Å². The fraction of sp³-hybridized carbons (Fsp3) is 0.300. The lowest BCUT2D eigenvalue weighted by Gasteiger charge is -2.22. The molecule has 3 rings (SSSR count). The number of halogens is 2. The Kier molecular flexibility index (Phi) is 7.60. The van der Waals surface area contributed by atoms with Gasteiger partial charge in [-0.1, -0.05) is 18.2 Å². The Balaban J connectivity index is 0.000000200. The summed E-state index contributed by atoms with van der Waals surface area (Å²) in [5, 5.41) is 11.6. The van der Waals surface area contributed by atoms with E-state index in [1.54, 1.807) is 18.2 Å². The zero-order valence-corrected chi connectivity index (χ0v) is 15.3. The van der Waals surface area contributed by atoms with E-state index in [0.717, 1.165) is 16.7 Å². The van der Waals surface area contributed by atoms with Crippen molar-refractivity contribution in [3.8, 4) is 0 Å². The molecular weight excluding hydrogens is 370 g/mol. The monoisotopic (exact) mass is 392 g/mol. The fourth-order valence-electron chi connectivity index (χ4n) is 2.77. The molecule has 0 aliphatic carbocycles. The van der Waals surface area contributed by atoms with Gasteiger partial charge in [0.1, 0.15) is 23.7 Å². The summed E-state index contributed by atoms with van der Waals surface area (Å²) in [5.74, 6) is -1.97. The van der Waals surface area contributed by atoms with Crippen LogP contribution in [0.1, 0.15) is 16.7 Å². The standard InChI is InChI=1S/C10H10FNO2.C10H12FNO2/c11-8-2-1-6-5-12-9(10(13)14)4-7(6)3-8;1-14-10(13)9(12)6-7-2-4-8(11)5-3-7/h1-3,9,12H,4-5H2,(H,13,14);2-5,9H,6,12H2,1H3/t2*9-/m00/s1. The highest BCUT2D eigenvalue weighted by atomic mass is 19.1. The maximum absolute atomic E-state index is 12.9. The molecule has 0 bridgehead atoms. The van der Waals surface area contributed by atoms with Gasteiger partial charge in [0.2, 0.25) is 0 Å². The molecule has 0 saturated heterocycles. The molecule has 2 atom stereocenters. The Hall–Kier alpha value is -2.84. The molecule has 0 radical (unpaired) electrons. The number of hydrogen-bond acceptors (Lipinski definition) is 5. The second-order valence-corrected chi connectivity index (χ2v) is 6.35. The van der Waals surface area contributed by atoms with E-state index in [1.807, 2.05) is 0 Å². The van der Waals surface area contributed by atoms with Crippen molar-refractivity contribution < 1.29 is 28.2 Å². The quantitative estimate of drug-likeness (QED) is 0.686. The molecule has 0 saturated carbocycles. The number of hydrogen-bond donors (Lipinski definition) is 3. The number of carbonyl (C=O) groups excluding carboxylic acids is 1. The van der Waals surface area contributed by atoms with Gasteiger partial charge in [0.15, 0.2) is 0 Å². The number of nitrogens with one attached hydrogen (secondary N) is 1. The van der Waals surface area contributed by atoms with Crippen LogP contribution in [0.25, 0.3) is 0 Å². The van der Waals surface area contributed by atoms with Gasteiger partial charge in [-0.25, -0.2) is 8.78 Å². The first-order valence-electron chi connectivity index (χ1n) is 8.61. The number of carboxylic acid groups (broad SMARTS) is 1. The van der Waals surface area contributed by atoms with Crippen LogP contribution in [0.5, 0.6) is 0 Å². The number of fused-ring (bicyclic) bond motifs is 1. The lowest BCUT2D eigenvalue weighted by atomic mass is 9.96. The number of aliphatic carboxylic acids is 1. The predicted octanol–water partition coefficient (Wildman–Crippen LogP) is 1.79. The minimum atomic E-state index is -0.889. The maximum Gasteiger partial charge on any atom is 0.322 e. The molecule has 0 aromatic heterocycles. The smallest absolute Gasteiger partial charge is 0.322 e. The van der Waals surface area contributed by atoms with Crippen molar-refractivity contribution in [2.75, 3.05) is 7.11 Å². The van der Waals surface area contributed by atoms with Crippen molar-refractivity contribution in [2.24, 2.45) is 5.73 Å². The zero-order chi connectivity index (χ0) is 20.7. The number of rotatable bonds is 4. The second-order valence-electron chi connectivity index (χ2n) is 6.35. The van der Waals surface area contributed by atoms with Crippen LogP contribution < -0.4 is 11.1 Å². The van der Waals surface area contributed by atoms with Gasteiger partial charge in [0.25, 0.3) is 0 Å². The van der Waals surface area contributed by atoms with Gasteiger partial charge >= 0.3 is 11.9 Å². The summed E-state index contributed by atoms with van der Waals surface area (Å²) in [5.41, 5.74) is 8.10. The molecule has 0 fully saturated rings. The van der Waals surface area contributed by atoms with E-state index in [0.29, 0.717) is 19.4 Å². The van der Waals surface area contributed by atoms with E-state index in [9.17, 15) is 18.4 Å². The lowest BCUT2D eigenvalue weighted by Crippen LogP contribution is -2.41. The molecule has 0 amide bonds. The highest BCUT2D eigenvalue weighted by molar-refractivity contribution is 5.75. The van der Waals surface area contributed by atoms with Crippen LogP contribution in [0.2, 0.25) is 0 Å². The van der Waals surface area contributed by atoms with Gasteiger partial charge in [0.05, 0.1) is 7.11 Å². The summed E-state index contributed by atoms with van der Waals surface area (Å²) in [6.45, 7) is 0.493. The van der Waals surface area contributed by atoms with Crippen LogP contribution in [-0.4, -0.2) is 36.2 Å². The summed E-state index contributed by atoms with van der Waals surface area (Å²) in [7, 11) is 1.28. The van der Waals surface area contributed by atoms with Crippen LogP contribution in [-0.2, 0) is 33.7 Å². The minimum Gasteiger partial charge on any atom is -0.480 e. The summed E-state index contributed by atoms with van der Waals surface area (Å²) in [6, 6.07) is 9.06. The van der Waals surface area contributed by atoms with E-state index in [2.05, 4.69) is 10.1 Å². The summed E-state index contributed by atoms with van der Waals surface area (Å²) < 4.78 is 29.9. The Bertz CT molecular complexity index is 827. The normalized spacial score (nSPS) is 16.2. The van der Waals surface area contributed by atoms with Crippen molar-refractivity contribution in [1.82, 2.24) is 5.32 Å². The Labute approximate surface area is 161 Å². The number of carboxylic acids is 1. The summed E-state index contributed by atoms with van der Waals surface area (Å²) in [4.78, 5) is 21.7. The molecule has 2 aromatic rings. The first-order valence-corrected chi connectivity index (χ1v) is 8.61. The van der Waals surface area contributed by atoms with E-state index >= 15 is 0 Å². The van der Waals surface area contributed by atoms with E-state index < -0.39 is 24.0 Å². The zero-order valence-electron chi connectivity index (χ0n) is 15.3. The lowest BCUT2D eigenvalue weighted by molar-refractivity contribution is -0.142. The first-order chi connectivity index (χ1) is 13.3. The fourth-order valence-corrected chi connectivity index (χ4v) is 2.77. The third-order valence-electron chi connectivity index (χ3n) is 4.30. The van der Waals surface area contributed by atoms with Gasteiger partial charge in [-0.2, -0.15) is 0 Å². The number of nitrogens with two attached hydrogens (primary N) is 1. The highest BCUT2D eigenvalue weighted by Crippen LogP contribution is 2.17. The first kappa shape index (κ1) is 21.5. The molecule has 1 aliphatic heterocycles. The topological polar surface area (TPSA) is 102 Å². The summed E-state index contributed by atoms with van der Waals surface area (Å²) in [6.07, 6.45) is 0.704. The van der Waals surface area contributed by atoms with Crippen LogP contribution in [0.3, 0.4) is 0 Å². The molecule has 0 unspecified atom stereocenters. The van der Waals surface area contributed by atoms with Gasteiger partial charge in [0, 0.05) is 6.54 Å². The third-order valence-corrected chi connectivity index (χ3v) is 4.30. The van der Waals surface area contributed by atoms with Crippen LogP contribution in [0.15, 0.2) is 42.5 Å². The number of esters is 1. The number of benzene rings is 2. The average Bonchev–Trinajstić information content (AvgIpc) is 2.68. The van der Waals surface area contributed by atoms with Crippen molar-refractivity contribution in [1.29, 1.82) is 0 Å². The van der Waals surface area contributed by atoms with Crippen molar-refractivity contribution in [3.05, 3.63) is 70.8 Å². The van der Waals surface area contributed by atoms with Crippen molar-refractivity contribution in [2.45, 2.75) is 31.5 Å². The molecule has 4 N–H and O–H groups in total. The molecule has 8 heteroatoms.